The van der Waals surface area contributed by atoms with Gasteiger partial charge in [-0.3, -0.25) is 24.8 Å². The number of nitro benzene ring substituents is 1. The average molecular weight is 475 g/mol. The molecule has 0 fully saturated rings. The monoisotopic (exact) mass is 474 g/mol. The van der Waals surface area contributed by atoms with Gasteiger partial charge in [0.2, 0.25) is 11.0 Å². The minimum absolute atomic E-state index is 0.0677. The summed E-state index contributed by atoms with van der Waals surface area (Å²) in [4.78, 5) is 40.6. The summed E-state index contributed by atoms with van der Waals surface area (Å²) in [6.07, 6.45) is 0. The molecule has 0 aliphatic heterocycles. The zero-order chi connectivity index (χ0) is 24.4. The fourth-order valence-electron chi connectivity index (χ4n) is 3.83. The number of hydrogen-bond donors (Lipinski definition) is 2. The van der Waals surface area contributed by atoms with Crippen LogP contribution in [0.2, 0.25) is 0 Å². The second kappa shape index (κ2) is 9.13. The van der Waals surface area contributed by atoms with E-state index >= 15 is 0 Å². The Bertz CT molecular complexity index is 1480. The first-order chi connectivity index (χ1) is 16.3. The van der Waals surface area contributed by atoms with E-state index < -0.39 is 28.2 Å². The number of H-pyrrole nitrogens is 1. The maximum atomic E-state index is 13.5. The third kappa shape index (κ3) is 4.10. The Morgan fingerprint density at radius 2 is 2.00 bits per heavy atom. The van der Waals surface area contributed by atoms with Gasteiger partial charge >= 0.3 is 0 Å². The number of nitrogens with two attached hydrogens (primary N) is 1. The van der Waals surface area contributed by atoms with Crippen LogP contribution < -0.4 is 11.3 Å². The number of carbonyl (C=O) groups excluding carboxylic acids is 1. The first kappa shape index (κ1) is 22.6. The van der Waals surface area contributed by atoms with E-state index in [2.05, 4.69) is 10.1 Å². The fraction of sp³-hybridized carbons (Fsp3) is 0.130. The second-order valence-corrected chi connectivity index (χ2v) is 8.35. The van der Waals surface area contributed by atoms with E-state index in [4.69, 9.17) is 5.73 Å². The Morgan fingerprint density at radius 1 is 1.26 bits per heavy atom. The smallest absolute Gasteiger partial charge is 0.277 e. The van der Waals surface area contributed by atoms with Gasteiger partial charge in [0.1, 0.15) is 5.92 Å². The summed E-state index contributed by atoms with van der Waals surface area (Å²) in [5, 5.41) is 25.7. The molecule has 1 amide bonds. The van der Waals surface area contributed by atoms with Gasteiger partial charge in [0.05, 0.1) is 16.7 Å². The van der Waals surface area contributed by atoms with Crippen molar-refractivity contribution < 1.29 is 9.72 Å². The number of nitro groups is 1. The summed E-state index contributed by atoms with van der Waals surface area (Å²) in [6, 6.07) is 16.7. The van der Waals surface area contributed by atoms with Crippen LogP contribution in [0.15, 0.2) is 64.8 Å². The Balaban J connectivity index is 1.81. The number of carbonyl (C=O) groups is 1. The lowest BCUT2D eigenvalue weighted by atomic mass is 9.81. The molecule has 0 bridgehead atoms. The summed E-state index contributed by atoms with van der Waals surface area (Å²) >= 11 is 1.17. The maximum Gasteiger partial charge on any atom is 0.277 e. The normalized spacial score (nSPS) is 12.6. The van der Waals surface area contributed by atoms with Crippen molar-refractivity contribution in [3.05, 3.63) is 97.3 Å². The molecular weight excluding hydrogens is 456 g/mol. The van der Waals surface area contributed by atoms with Gasteiger partial charge in [-0.2, -0.15) is 9.94 Å². The van der Waals surface area contributed by atoms with E-state index in [1.165, 1.54) is 28.2 Å². The third-order valence-electron chi connectivity index (χ3n) is 5.40. The number of aromatic nitrogens is 3. The van der Waals surface area contributed by atoms with Gasteiger partial charge in [0.15, 0.2) is 0 Å². The van der Waals surface area contributed by atoms with Crippen LogP contribution in [0.5, 0.6) is 0 Å². The number of aromatic amines is 1. The van der Waals surface area contributed by atoms with Crippen LogP contribution >= 0.6 is 11.3 Å². The topological polar surface area (TPSA) is 161 Å². The molecule has 0 radical (unpaired) electrons. The molecule has 2 aromatic heterocycles. The predicted molar refractivity (Wildman–Crippen MR) is 125 cm³/mol. The van der Waals surface area contributed by atoms with Crippen LogP contribution in [-0.2, 0) is 4.79 Å². The molecule has 0 spiro atoms. The number of hydrogen-bond acceptors (Lipinski definition) is 7. The lowest BCUT2D eigenvalue weighted by molar-refractivity contribution is -0.384. The summed E-state index contributed by atoms with van der Waals surface area (Å²) < 4.78 is 1.24. The van der Waals surface area contributed by atoms with Crippen molar-refractivity contribution in [3.63, 3.8) is 0 Å². The Kier molecular flexibility index (Phi) is 6.07. The van der Waals surface area contributed by atoms with E-state index in [9.17, 15) is 25.0 Å². The van der Waals surface area contributed by atoms with Gasteiger partial charge < -0.3 is 5.73 Å². The van der Waals surface area contributed by atoms with Crippen LogP contribution in [0.3, 0.4) is 0 Å². The summed E-state index contributed by atoms with van der Waals surface area (Å²) in [5.74, 6) is -2.95. The molecule has 0 aliphatic rings. The molecule has 11 heteroatoms. The van der Waals surface area contributed by atoms with E-state index in [0.717, 1.165) is 0 Å². The van der Waals surface area contributed by atoms with Crippen LogP contribution in [0.4, 0.5) is 5.69 Å². The first-order valence-corrected chi connectivity index (χ1v) is 11.0. The average Bonchev–Trinajstić information content (AvgIpc) is 3.42. The molecular formula is C23H18N6O4S. The van der Waals surface area contributed by atoms with E-state index in [0.29, 0.717) is 27.6 Å². The number of rotatable bonds is 7. The summed E-state index contributed by atoms with van der Waals surface area (Å²) in [7, 11) is 0. The molecule has 0 unspecified atom stereocenters. The Morgan fingerprint density at radius 3 is 2.65 bits per heavy atom. The second-order valence-electron chi connectivity index (χ2n) is 7.51. The largest absolute Gasteiger partial charge is 0.369 e. The fourth-order valence-corrected chi connectivity index (χ4v) is 4.62. The molecule has 34 heavy (non-hydrogen) atoms. The zero-order valence-corrected chi connectivity index (χ0v) is 18.7. The Hall–Kier alpha value is -4.56. The number of amides is 1. The highest BCUT2D eigenvalue weighted by atomic mass is 32.1. The molecule has 3 N–H and O–H groups in total. The van der Waals surface area contributed by atoms with Crippen molar-refractivity contribution in [3.8, 4) is 22.5 Å². The van der Waals surface area contributed by atoms with Crippen molar-refractivity contribution in [2.45, 2.75) is 12.8 Å². The molecule has 170 valence electrons. The van der Waals surface area contributed by atoms with Crippen molar-refractivity contribution >= 4 is 22.9 Å². The molecule has 4 rings (SSSR count). The molecule has 2 heterocycles. The highest BCUT2D eigenvalue weighted by Gasteiger charge is 2.34. The maximum absolute atomic E-state index is 13.5. The number of benzene rings is 2. The predicted octanol–water partition coefficient (Wildman–Crippen LogP) is 3.26. The highest BCUT2D eigenvalue weighted by Crippen LogP contribution is 2.33. The van der Waals surface area contributed by atoms with E-state index in [-0.39, 0.29) is 11.3 Å². The zero-order valence-electron chi connectivity index (χ0n) is 17.8. The van der Waals surface area contributed by atoms with Crippen LogP contribution in [0.25, 0.3) is 16.4 Å². The molecule has 10 nitrogen and oxygen atoms in total. The van der Waals surface area contributed by atoms with Gasteiger partial charge in [0.25, 0.3) is 11.2 Å². The molecule has 2 aromatic carbocycles. The molecule has 4 aromatic rings. The SMILES string of the molecule is Cc1[nH]n(-c2nc(-c3cccc([N+](=O)[O-])c3)cs2)c(=O)c1[C@H](c1ccccc1)[C@H](C#N)C(N)=O. The van der Waals surface area contributed by atoms with Gasteiger partial charge in [-0.15, -0.1) is 11.3 Å². The third-order valence-corrected chi connectivity index (χ3v) is 6.23. The van der Waals surface area contributed by atoms with Gasteiger partial charge in [-0.25, -0.2) is 4.98 Å². The summed E-state index contributed by atoms with van der Waals surface area (Å²) in [5.41, 5.74) is 7.29. The number of non-ortho nitro benzene ring substituents is 1. The highest BCUT2D eigenvalue weighted by molar-refractivity contribution is 7.12. The number of nitrogens with one attached hydrogen (secondary N) is 1. The van der Waals surface area contributed by atoms with Gasteiger partial charge in [-0.05, 0) is 12.5 Å². The van der Waals surface area contributed by atoms with Crippen LogP contribution in [-0.4, -0.2) is 25.6 Å². The standard InChI is InChI=1S/C23H18N6O4S/c1-13-19(20(17(11-24)21(25)30)14-6-3-2-4-7-14)22(31)28(27-13)23-26-18(12-34-23)15-8-5-9-16(10-15)29(32)33/h2-10,12,17,20,27H,1H3,(H2,25,30)/t17-,20+/m0/s1. The Labute approximate surface area is 197 Å². The molecule has 0 saturated carbocycles. The number of aryl methyl sites for hydroxylation is 1. The van der Waals surface area contributed by atoms with Crippen LogP contribution in [0, 0.1) is 34.3 Å². The van der Waals surface area contributed by atoms with Gasteiger partial charge in [-0.1, -0.05) is 42.5 Å². The minimum atomic E-state index is -1.25. The van der Waals surface area contributed by atoms with Crippen molar-refractivity contribution in [1.82, 2.24) is 14.8 Å². The number of primary amides is 1. The minimum Gasteiger partial charge on any atom is -0.369 e. The molecule has 0 saturated heterocycles. The van der Waals surface area contributed by atoms with Crippen LogP contribution in [0.1, 0.15) is 22.7 Å². The molecule has 2 atom stereocenters. The van der Waals surface area contributed by atoms with Crippen molar-refractivity contribution in [2.75, 3.05) is 0 Å². The van der Waals surface area contributed by atoms with Crippen molar-refractivity contribution in [1.29, 1.82) is 5.26 Å². The number of thiazole rings is 1. The first-order valence-electron chi connectivity index (χ1n) is 10.1. The van der Waals surface area contributed by atoms with Crippen molar-refractivity contribution in [2.24, 2.45) is 11.7 Å². The van der Waals surface area contributed by atoms with E-state index in [1.807, 2.05) is 6.07 Å². The number of nitrogens with zero attached hydrogens (tertiary/aromatic N) is 4. The molecule has 0 aliphatic carbocycles. The quantitative estimate of drug-likeness (QED) is 0.309. The van der Waals surface area contributed by atoms with E-state index in [1.54, 1.807) is 54.8 Å². The number of nitriles is 1. The lowest BCUT2D eigenvalue weighted by Gasteiger charge is -2.19. The lowest BCUT2D eigenvalue weighted by Crippen LogP contribution is -2.31. The summed E-state index contributed by atoms with van der Waals surface area (Å²) in [6.45, 7) is 1.67. The van der Waals surface area contributed by atoms with Gasteiger partial charge in [0, 0.05) is 40.3 Å².